The van der Waals surface area contributed by atoms with Crippen LogP contribution in [0.2, 0.25) is 0 Å². The predicted octanol–water partition coefficient (Wildman–Crippen LogP) is 4.14. The minimum atomic E-state index is -0.575. The highest BCUT2D eigenvalue weighted by molar-refractivity contribution is 5.93. The molecule has 1 amide bonds. The molecule has 0 saturated carbocycles. The minimum Gasteiger partial charge on any atom is -0.455 e. The lowest BCUT2D eigenvalue weighted by Gasteiger charge is -2.21. The van der Waals surface area contributed by atoms with E-state index in [1.165, 1.54) is 18.2 Å². The van der Waals surface area contributed by atoms with Gasteiger partial charge in [0.25, 0.3) is 5.91 Å². The van der Waals surface area contributed by atoms with Gasteiger partial charge in [-0.05, 0) is 23.6 Å². The Morgan fingerprint density at radius 2 is 1.72 bits per heavy atom. The Hall–Kier alpha value is -2.69. The van der Waals surface area contributed by atoms with E-state index in [0.717, 1.165) is 12.0 Å². The summed E-state index contributed by atoms with van der Waals surface area (Å²) in [6.07, 6.45) is 0.802. The number of benzene rings is 2. The second-order valence-electron chi connectivity index (χ2n) is 5.91. The first-order valence-electron chi connectivity index (χ1n) is 8.29. The van der Waals surface area contributed by atoms with Crippen molar-refractivity contribution in [2.45, 2.75) is 26.2 Å². The number of hydrogen-bond donors (Lipinski definition) is 1. The minimum absolute atomic E-state index is 0.0603. The summed E-state index contributed by atoms with van der Waals surface area (Å²) in [6.45, 7) is 3.52. The highest BCUT2D eigenvalue weighted by Gasteiger charge is 2.27. The maximum atomic E-state index is 13.5. The predicted molar refractivity (Wildman–Crippen MR) is 94.6 cm³/mol. The van der Waals surface area contributed by atoms with Crippen molar-refractivity contribution >= 4 is 17.6 Å². The summed E-state index contributed by atoms with van der Waals surface area (Å²) in [6, 6.07) is 15.2. The Bertz CT molecular complexity index is 718. The maximum Gasteiger partial charge on any atom is 0.314 e. The summed E-state index contributed by atoms with van der Waals surface area (Å²) in [5.74, 6) is -1.93. The van der Waals surface area contributed by atoms with E-state index in [2.05, 4.69) is 5.32 Å². The molecule has 0 fully saturated rings. The van der Waals surface area contributed by atoms with E-state index < -0.39 is 30.2 Å². The molecule has 0 spiro atoms. The van der Waals surface area contributed by atoms with E-state index >= 15 is 0 Å². The molecular weight excluding hydrogens is 321 g/mol. The molecule has 2 aromatic carbocycles. The average Bonchev–Trinajstić information content (AvgIpc) is 2.63. The molecule has 0 aliphatic carbocycles. The number of anilines is 1. The number of halogens is 1. The Morgan fingerprint density at radius 3 is 2.36 bits per heavy atom. The molecule has 2 atom stereocenters. The molecule has 132 valence electrons. The van der Waals surface area contributed by atoms with Crippen LogP contribution in [0.3, 0.4) is 0 Å². The third-order valence-electron chi connectivity index (χ3n) is 4.12. The number of carbonyl (C=O) groups excluding carboxylic acids is 2. The molecule has 25 heavy (non-hydrogen) atoms. The van der Waals surface area contributed by atoms with E-state index in [9.17, 15) is 14.0 Å². The summed E-state index contributed by atoms with van der Waals surface area (Å²) >= 11 is 0. The van der Waals surface area contributed by atoms with Crippen molar-refractivity contribution in [3.05, 3.63) is 66.0 Å². The van der Waals surface area contributed by atoms with Crippen molar-refractivity contribution in [3.63, 3.8) is 0 Å². The largest absolute Gasteiger partial charge is 0.455 e. The van der Waals surface area contributed by atoms with Crippen LogP contribution in [-0.4, -0.2) is 18.5 Å². The number of amides is 1. The van der Waals surface area contributed by atoms with Gasteiger partial charge in [0.15, 0.2) is 6.61 Å². The van der Waals surface area contributed by atoms with E-state index in [1.54, 1.807) is 6.07 Å². The summed E-state index contributed by atoms with van der Waals surface area (Å²) < 4.78 is 18.7. The molecule has 2 aromatic rings. The van der Waals surface area contributed by atoms with Gasteiger partial charge >= 0.3 is 5.97 Å². The van der Waals surface area contributed by atoms with Gasteiger partial charge in [0.1, 0.15) is 5.82 Å². The van der Waals surface area contributed by atoms with Crippen molar-refractivity contribution in [2.24, 2.45) is 5.92 Å². The quantitative estimate of drug-likeness (QED) is 0.769. The SMILES string of the molecule is CC[C@@H](C)[C@@H](C(=O)OCC(=O)Nc1ccccc1F)c1ccccc1. The van der Waals surface area contributed by atoms with Crippen molar-refractivity contribution in [2.75, 3.05) is 11.9 Å². The number of carbonyl (C=O) groups is 2. The molecule has 0 unspecified atom stereocenters. The van der Waals surface area contributed by atoms with Crippen LogP contribution in [0.4, 0.5) is 10.1 Å². The molecule has 1 N–H and O–H groups in total. The van der Waals surface area contributed by atoms with Gasteiger partial charge in [0.05, 0.1) is 11.6 Å². The molecule has 2 rings (SSSR count). The third-order valence-corrected chi connectivity index (χ3v) is 4.12. The van der Waals surface area contributed by atoms with Crippen molar-refractivity contribution in [1.82, 2.24) is 0 Å². The van der Waals surface area contributed by atoms with Crippen LogP contribution in [0, 0.1) is 11.7 Å². The molecule has 5 heteroatoms. The van der Waals surface area contributed by atoms with Crippen LogP contribution < -0.4 is 5.32 Å². The summed E-state index contributed by atoms with van der Waals surface area (Å²) in [7, 11) is 0. The molecule has 0 aliphatic rings. The molecule has 0 radical (unpaired) electrons. The second-order valence-corrected chi connectivity index (χ2v) is 5.91. The van der Waals surface area contributed by atoms with Crippen LogP contribution in [0.15, 0.2) is 54.6 Å². The highest BCUT2D eigenvalue weighted by atomic mass is 19.1. The zero-order valence-electron chi connectivity index (χ0n) is 14.4. The molecule has 4 nitrogen and oxygen atoms in total. The van der Waals surface area contributed by atoms with Crippen LogP contribution in [0.5, 0.6) is 0 Å². The molecule has 0 aliphatic heterocycles. The zero-order chi connectivity index (χ0) is 18.2. The van der Waals surface area contributed by atoms with Crippen LogP contribution in [0.1, 0.15) is 31.7 Å². The third kappa shape index (κ3) is 5.14. The Balaban J connectivity index is 1.99. The van der Waals surface area contributed by atoms with Gasteiger partial charge in [-0.25, -0.2) is 4.39 Å². The summed E-state index contributed by atoms with van der Waals surface area (Å²) in [5.41, 5.74) is 0.918. The number of nitrogens with one attached hydrogen (secondary N) is 1. The number of rotatable bonds is 7. The first-order valence-corrected chi connectivity index (χ1v) is 8.29. The standard InChI is InChI=1S/C20H22FNO3/c1-3-14(2)19(15-9-5-4-6-10-15)20(24)25-13-18(23)22-17-12-8-7-11-16(17)21/h4-12,14,19H,3,13H2,1-2H3,(H,22,23)/t14-,19-/m1/s1. The lowest BCUT2D eigenvalue weighted by molar-refractivity contribution is -0.150. The first kappa shape index (κ1) is 18.6. The van der Waals surface area contributed by atoms with E-state index in [-0.39, 0.29) is 11.6 Å². The van der Waals surface area contributed by atoms with Crippen LogP contribution in [-0.2, 0) is 14.3 Å². The molecular formula is C20H22FNO3. The monoisotopic (exact) mass is 343 g/mol. The van der Waals surface area contributed by atoms with Gasteiger partial charge in [-0.15, -0.1) is 0 Å². The smallest absolute Gasteiger partial charge is 0.314 e. The summed E-state index contributed by atoms with van der Waals surface area (Å²) in [5, 5.41) is 2.40. The lowest BCUT2D eigenvalue weighted by atomic mass is 9.86. The number of hydrogen-bond acceptors (Lipinski definition) is 3. The Kier molecular flexibility index (Phi) is 6.69. The summed E-state index contributed by atoms with van der Waals surface area (Å²) in [4.78, 5) is 24.4. The first-order chi connectivity index (χ1) is 12.0. The normalized spacial score (nSPS) is 12.9. The van der Waals surface area contributed by atoms with Gasteiger partial charge in [-0.1, -0.05) is 62.7 Å². The van der Waals surface area contributed by atoms with Crippen LogP contribution in [0.25, 0.3) is 0 Å². The lowest BCUT2D eigenvalue weighted by Crippen LogP contribution is -2.27. The van der Waals surface area contributed by atoms with E-state index in [1.807, 2.05) is 44.2 Å². The maximum absolute atomic E-state index is 13.5. The van der Waals surface area contributed by atoms with Crippen molar-refractivity contribution in [3.8, 4) is 0 Å². The molecule has 0 bridgehead atoms. The fraction of sp³-hybridized carbons (Fsp3) is 0.300. The Morgan fingerprint density at radius 1 is 1.08 bits per heavy atom. The molecule has 0 saturated heterocycles. The van der Waals surface area contributed by atoms with Crippen LogP contribution >= 0.6 is 0 Å². The van der Waals surface area contributed by atoms with Gasteiger partial charge in [0.2, 0.25) is 0 Å². The van der Waals surface area contributed by atoms with Crippen molar-refractivity contribution < 1.29 is 18.7 Å². The molecule has 0 heterocycles. The van der Waals surface area contributed by atoms with E-state index in [4.69, 9.17) is 4.74 Å². The average molecular weight is 343 g/mol. The van der Waals surface area contributed by atoms with Gasteiger partial charge in [-0.2, -0.15) is 0 Å². The highest BCUT2D eigenvalue weighted by Crippen LogP contribution is 2.28. The number of ether oxygens (including phenoxy) is 1. The van der Waals surface area contributed by atoms with Crippen molar-refractivity contribution in [1.29, 1.82) is 0 Å². The fourth-order valence-corrected chi connectivity index (χ4v) is 2.57. The van der Waals surface area contributed by atoms with Gasteiger partial charge in [0, 0.05) is 0 Å². The molecule has 0 aromatic heterocycles. The van der Waals surface area contributed by atoms with Gasteiger partial charge < -0.3 is 10.1 Å². The van der Waals surface area contributed by atoms with Gasteiger partial charge in [-0.3, -0.25) is 9.59 Å². The fourth-order valence-electron chi connectivity index (χ4n) is 2.57. The number of para-hydroxylation sites is 1. The number of esters is 1. The second kappa shape index (κ2) is 8.97. The Labute approximate surface area is 147 Å². The zero-order valence-corrected chi connectivity index (χ0v) is 14.4. The van der Waals surface area contributed by atoms with E-state index in [0.29, 0.717) is 0 Å². The topological polar surface area (TPSA) is 55.4 Å².